The maximum absolute atomic E-state index is 13.6. The second-order valence-corrected chi connectivity index (χ2v) is 7.32. The summed E-state index contributed by atoms with van der Waals surface area (Å²) in [5.41, 5.74) is 3.22. The molecule has 4 rings (SSSR count). The van der Waals surface area contributed by atoms with Crippen LogP contribution in [-0.4, -0.2) is 50.6 Å². The lowest BCUT2D eigenvalue weighted by Gasteiger charge is -2.35. The first kappa shape index (κ1) is 18.6. The molecule has 0 saturated carbocycles. The monoisotopic (exact) mass is 383 g/mol. The van der Waals surface area contributed by atoms with Crippen molar-refractivity contribution in [1.82, 2.24) is 4.90 Å². The molecule has 4 nitrogen and oxygen atoms in total. The van der Waals surface area contributed by atoms with Crippen LogP contribution in [0.5, 0.6) is 0 Å². The van der Waals surface area contributed by atoms with Gasteiger partial charge in [0.05, 0.1) is 0 Å². The highest BCUT2D eigenvalue weighted by molar-refractivity contribution is 6.11. The first-order valence-electron chi connectivity index (χ1n) is 9.53. The van der Waals surface area contributed by atoms with E-state index in [1.807, 2.05) is 24.3 Å². The predicted molar refractivity (Wildman–Crippen MR) is 107 cm³/mol. The van der Waals surface area contributed by atoms with Gasteiger partial charge in [-0.25, -0.2) is 8.78 Å². The third-order valence-electron chi connectivity index (χ3n) is 5.45. The smallest absolute Gasteiger partial charge is 0.254 e. The molecule has 2 heterocycles. The van der Waals surface area contributed by atoms with E-state index < -0.39 is 11.6 Å². The van der Waals surface area contributed by atoms with Crippen molar-refractivity contribution in [1.29, 1.82) is 0 Å². The number of para-hydroxylation sites is 1. The predicted octanol–water partition coefficient (Wildman–Crippen LogP) is 3.54. The molecule has 0 aromatic heterocycles. The van der Waals surface area contributed by atoms with Crippen molar-refractivity contribution in [3.8, 4) is 0 Å². The summed E-state index contributed by atoms with van der Waals surface area (Å²) in [7, 11) is 2.12. The lowest BCUT2D eigenvalue weighted by molar-refractivity contribution is -0.114. The number of rotatable bonds is 3. The first-order valence-corrected chi connectivity index (χ1v) is 9.53. The van der Waals surface area contributed by atoms with Gasteiger partial charge in [0.1, 0.15) is 0 Å². The van der Waals surface area contributed by atoms with Crippen molar-refractivity contribution in [3.05, 3.63) is 65.2 Å². The van der Waals surface area contributed by atoms with Gasteiger partial charge in [0.25, 0.3) is 5.91 Å². The van der Waals surface area contributed by atoms with Crippen LogP contribution in [0.2, 0.25) is 0 Å². The Morgan fingerprint density at radius 1 is 0.929 bits per heavy atom. The van der Waals surface area contributed by atoms with Crippen LogP contribution in [0.3, 0.4) is 0 Å². The van der Waals surface area contributed by atoms with Crippen LogP contribution < -0.4 is 9.80 Å². The van der Waals surface area contributed by atoms with E-state index in [0.29, 0.717) is 24.2 Å². The van der Waals surface area contributed by atoms with E-state index in [2.05, 4.69) is 22.9 Å². The number of nitrogens with zero attached hydrogens (tertiary/aromatic N) is 3. The number of piperazine rings is 1. The Balaban J connectivity index is 1.58. The van der Waals surface area contributed by atoms with Gasteiger partial charge in [-0.15, -0.1) is 0 Å². The number of hydrogen-bond acceptors (Lipinski definition) is 3. The standard InChI is InChI=1S/C22H23F2N3O/c1-25-10-12-26(13-11-25)21-5-3-2-4-16(21)14-17-8-9-27(22(17)28)18-6-7-19(23)20(24)15-18/h2-7,14-15H,8-13H2,1H3. The Morgan fingerprint density at radius 3 is 2.43 bits per heavy atom. The SMILES string of the molecule is CN1CCN(c2ccccc2C=C2CCN(c3ccc(F)c(F)c3)C2=O)CC1. The molecule has 0 N–H and O–H groups in total. The number of likely N-dealkylation sites (N-methyl/N-ethyl adjacent to an activating group) is 1. The average molecular weight is 383 g/mol. The second kappa shape index (κ2) is 7.72. The van der Waals surface area contributed by atoms with Gasteiger partial charge in [0, 0.05) is 55.7 Å². The van der Waals surface area contributed by atoms with Gasteiger partial charge in [-0.2, -0.15) is 0 Å². The lowest BCUT2D eigenvalue weighted by Crippen LogP contribution is -2.44. The molecule has 2 aliphatic rings. The topological polar surface area (TPSA) is 26.8 Å². The molecular formula is C22H23F2N3O. The second-order valence-electron chi connectivity index (χ2n) is 7.32. The molecular weight excluding hydrogens is 360 g/mol. The van der Waals surface area contributed by atoms with Gasteiger partial charge in [-0.05, 0) is 43.3 Å². The molecule has 28 heavy (non-hydrogen) atoms. The number of benzene rings is 2. The van der Waals surface area contributed by atoms with Gasteiger partial charge in [0.15, 0.2) is 11.6 Å². The van der Waals surface area contributed by atoms with E-state index in [1.165, 1.54) is 11.0 Å². The summed E-state index contributed by atoms with van der Waals surface area (Å²) in [5, 5.41) is 0. The molecule has 0 atom stereocenters. The highest BCUT2D eigenvalue weighted by Crippen LogP contribution is 2.30. The van der Waals surface area contributed by atoms with E-state index in [1.54, 1.807) is 0 Å². The molecule has 0 unspecified atom stereocenters. The zero-order valence-electron chi connectivity index (χ0n) is 15.9. The van der Waals surface area contributed by atoms with Crippen LogP contribution in [0.4, 0.5) is 20.2 Å². The largest absolute Gasteiger partial charge is 0.368 e. The van der Waals surface area contributed by atoms with Gasteiger partial charge in [0.2, 0.25) is 0 Å². The highest BCUT2D eigenvalue weighted by Gasteiger charge is 2.28. The Hall–Kier alpha value is -2.73. The summed E-state index contributed by atoms with van der Waals surface area (Å²) >= 11 is 0. The number of hydrogen-bond donors (Lipinski definition) is 0. The fourth-order valence-corrected chi connectivity index (χ4v) is 3.78. The van der Waals surface area contributed by atoms with Crippen molar-refractivity contribution in [2.75, 3.05) is 49.6 Å². The van der Waals surface area contributed by atoms with Crippen molar-refractivity contribution in [2.45, 2.75) is 6.42 Å². The molecule has 146 valence electrons. The molecule has 2 fully saturated rings. The lowest BCUT2D eigenvalue weighted by atomic mass is 10.1. The van der Waals surface area contributed by atoms with Crippen molar-refractivity contribution in [2.24, 2.45) is 0 Å². The van der Waals surface area contributed by atoms with Crippen LogP contribution in [0.15, 0.2) is 48.0 Å². The Labute approximate surface area is 163 Å². The molecule has 0 radical (unpaired) electrons. The van der Waals surface area contributed by atoms with E-state index in [9.17, 15) is 13.6 Å². The van der Waals surface area contributed by atoms with E-state index >= 15 is 0 Å². The number of carbonyl (C=O) groups is 1. The van der Waals surface area contributed by atoms with Crippen LogP contribution in [-0.2, 0) is 4.79 Å². The average Bonchev–Trinajstić information content (AvgIpc) is 3.06. The number of halogens is 2. The van der Waals surface area contributed by atoms with Crippen LogP contribution in [0.1, 0.15) is 12.0 Å². The minimum Gasteiger partial charge on any atom is -0.368 e. The quantitative estimate of drug-likeness (QED) is 0.759. The molecule has 2 aromatic rings. The molecule has 2 saturated heterocycles. The Bertz CT molecular complexity index is 920. The summed E-state index contributed by atoms with van der Waals surface area (Å²) in [4.78, 5) is 19.0. The van der Waals surface area contributed by atoms with E-state index in [4.69, 9.17) is 0 Å². The minimum atomic E-state index is -0.942. The van der Waals surface area contributed by atoms with Gasteiger partial charge >= 0.3 is 0 Å². The molecule has 0 aliphatic carbocycles. The summed E-state index contributed by atoms with van der Waals surface area (Å²) in [5.74, 6) is -2.01. The maximum atomic E-state index is 13.6. The van der Waals surface area contributed by atoms with Gasteiger partial charge in [-0.3, -0.25) is 4.79 Å². The van der Waals surface area contributed by atoms with Crippen LogP contribution in [0.25, 0.3) is 6.08 Å². The Kier molecular flexibility index (Phi) is 5.13. The summed E-state index contributed by atoms with van der Waals surface area (Å²) in [6.45, 7) is 4.38. The zero-order valence-corrected chi connectivity index (χ0v) is 15.9. The molecule has 0 spiro atoms. The third kappa shape index (κ3) is 3.64. The fraction of sp³-hybridized carbons (Fsp3) is 0.318. The van der Waals surface area contributed by atoms with E-state index in [0.717, 1.165) is 49.6 Å². The van der Waals surface area contributed by atoms with Gasteiger partial charge < -0.3 is 14.7 Å². The molecule has 2 aromatic carbocycles. The van der Waals surface area contributed by atoms with Crippen molar-refractivity contribution in [3.63, 3.8) is 0 Å². The number of carbonyl (C=O) groups excluding carboxylic acids is 1. The maximum Gasteiger partial charge on any atom is 0.254 e. The molecule has 1 amide bonds. The van der Waals surface area contributed by atoms with Crippen molar-refractivity contribution >= 4 is 23.4 Å². The van der Waals surface area contributed by atoms with Gasteiger partial charge in [-0.1, -0.05) is 18.2 Å². The summed E-state index contributed by atoms with van der Waals surface area (Å²) < 4.78 is 26.7. The highest BCUT2D eigenvalue weighted by atomic mass is 19.2. The Morgan fingerprint density at radius 2 is 1.68 bits per heavy atom. The number of amides is 1. The third-order valence-corrected chi connectivity index (χ3v) is 5.45. The normalized spacial score (nSPS) is 19.7. The first-order chi connectivity index (χ1) is 13.5. The van der Waals surface area contributed by atoms with Crippen LogP contribution >= 0.6 is 0 Å². The van der Waals surface area contributed by atoms with E-state index in [-0.39, 0.29) is 5.91 Å². The van der Waals surface area contributed by atoms with Crippen LogP contribution in [0, 0.1) is 11.6 Å². The number of anilines is 2. The summed E-state index contributed by atoms with van der Waals surface area (Å²) in [6.07, 6.45) is 2.52. The summed E-state index contributed by atoms with van der Waals surface area (Å²) in [6, 6.07) is 11.7. The fourth-order valence-electron chi connectivity index (χ4n) is 3.78. The van der Waals surface area contributed by atoms with Crippen molar-refractivity contribution < 1.29 is 13.6 Å². The minimum absolute atomic E-state index is 0.154. The zero-order chi connectivity index (χ0) is 19.7. The molecule has 2 aliphatic heterocycles. The molecule has 6 heteroatoms. The molecule has 0 bridgehead atoms.